The summed E-state index contributed by atoms with van der Waals surface area (Å²) in [5.74, 6) is -0.935. The van der Waals surface area contributed by atoms with E-state index in [1.54, 1.807) is 6.07 Å². The molecular weight excluding hydrogens is 250 g/mol. The van der Waals surface area contributed by atoms with Crippen LogP contribution in [0.5, 0.6) is 0 Å². The van der Waals surface area contributed by atoms with E-state index >= 15 is 0 Å². The maximum Gasteiger partial charge on any atom is 0.335 e. The number of likely N-dealkylation sites (tertiary alicyclic amines) is 1. The molecule has 1 atom stereocenters. The topological polar surface area (TPSA) is 40.5 Å². The Morgan fingerprint density at radius 3 is 2.89 bits per heavy atom. The third-order valence-corrected chi connectivity index (χ3v) is 3.97. The van der Waals surface area contributed by atoms with Crippen LogP contribution >= 0.6 is 11.6 Å². The highest BCUT2D eigenvalue weighted by Gasteiger charge is 2.19. The van der Waals surface area contributed by atoms with Crippen molar-refractivity contribution in [3.05, 3.63) is 34.3 Å². The Balaban J connectivity index is 2.11. The maximum absolute atomic E-state index is 10.8. The zero-order valence-corrected chi connectivity index (χ0v) is 11.3. The Hall–Kier alpha value is -1.06. The van der Waals surface area contributed by atoms with Crippen molar-refractivity contribution in [1.82, 2.24) is 4.90 Å². The maximum atomic E-state index is 10.8. The molecule has 98 valence electrons. The van der Waals surface area contributed by atoms with Crippen molar-refractivity contribution >= 4 is 17.6 Å². The second-order valence-corrected chi connectivity index (χ2v) is 5.33. The average Bonchev–Trinajstić information content (AvgIpc) is 2.34. The summed E-state index contributed by atoms with van der Waals surface area (Å²) in [4.78, 5) is 13.2. The molecule has 0 spiro atoms. The Morgan fingerprint density at radius 2 is 2.28 bits per heavy atom. The number of hydrogen-bond donors (Lipinski definition) is 1. The zero-order chi connectivity index (χ0) is 13.1. The molecule has 1 fully saturated rings. The van der Waals surface area contributed by atoms with Gasteiger partial charge in [-0.05, 0) is 44.0 Å². The van der Waals surface area contributed by atoms with Crippen LogP contribution in [0.2, 0.25) is 5.02 Å². The largest absolute Gasteiger partial charge is 0.478 e. The van der Waals surface area contributed by atoms with Gasteiger partial charge in [0, 0.05) is 17.6 Å². The molecule has 4 heteroatoms. The number of carboxylic acids is 1. The predicted molar refractivity (Wildman–Crippen MR) is 72.1 cm³/mol. The van der Waals surface area contributed by atoms with Crippen LogP contribution in [0.1, 0.15) is 42.1 Å². The summed E-state index contributed by atoms with van der Waals surface area (Å²) in [5.41, 5.74) is 1.26. The molecule has 1 unspecified atom stereocenters. The van der Waals surface area contributed by atoms with E-state index in [-0.39, 0.29) is 5.56 Å². The van der Waals surface area contributed by atoms with Crippen molar-refractivity contribution in [2.45, 2.75) is 38.8 Å². The van der Waals surface area contributed by atoms with E-state index in [1.807, 2.05) is 6.07 Å². The molecule has 0 aromatic heterocycles. The van der Waals surface area contributed by atoms with Gasteiger partial charge in [-0.15, -0.1) is 0 Å². The van der Waals surface area contributed by atoms with Gasteiger partial charge < -0.3 is 5.11 Å². The van der Waals surface area contributed by atoms with Gasteiger partial charge in [0.25, 0.3) is 0 Å². The molecule has 1 N–H and O–H groups in total. The van der Waals surface area contributed by atoms with Gasteiger partial charge in [-0.1, -0.05) is 24.1 Å². The first-order chi connectivity index (χ1) is 8.58. The van der Waals surface area contributed by atoms with Crippen LogP contribution in [0.4, 0.5) is 0 Å². The molecule has 3 nitrogen and oxygen atoms in total. The normalized spacial score (nSPS) is 20.9. The van der Waals surface area contributed by atoms with E-state index in [9.17, 15) is 4.79 Å². The average molecular weight is 268 g/mol. The van der Waals surface area contributed by atoms with E-state index < -0.39 is 5.97 Å². The molecule has 0 saturated carbocycles. The fraction of sp³-hybridized carbons (Fsp3) is 0.500. The van der Waals surface area contributed by atoms with Crippen molar-refractivity contribution in [1.29, 1.82) is 0 Å². The van der Waals surface area contributed by atoms with E-state index in [1.165, 1.54) is 25.3 Å². The molecule has 0 amide bonds. The molecule has 0 radical (unpaired) electrons. The zero-order valence-electron chi connectivity index (χ0n) is 10.5. The smallest absolute Gasteiger partial charge is 0.335 e. The summed E-state index contributed by atoms with van der Waals surface area (Å²) in [6, 6.07) is 5.56. The van der Waals surface area contributed by atoms with E-state index in [2.05, 4.69) is 11.8 Å². The van der Waals surface area contributed by atoms with Crippen LogP contribution < -0.4 is 0 Å². The highest BCUT2D eigenvalue weighted by atomic mass is 35.5. The van der Waals surface area contributed by atoms with Gasteiger partial charge in [-0.25, -0.2) is 4.79 Å². The molecule has 2 rings (SSSR count). The first kappa shape index (κ1) is 13.4. The molecule has 1 aromatic rings. The monoisotopic (exact) mass is 267 g/mol. The predicted octanol–water partition coefficient (Wildman–Crippen LogP) is 3.41. The van der Waals surface area contributed by atoms with E-state index in [0.717, 1.165) is 18.7 Å². The highest BCUT2D eigenvalue weighted by molar-refractivity contribution is 6.31. The van der Waals surface area contributed by atoms with Gasteiger partial charge in [-0.2, -0.15) is 0 Å². The summed E-state index contributed by atoms with van der Waals surface area (Å²) in [6.07, 6.45) is 3.75. The number of carboxylic acid groups (broad SMARTS) is 1. The first-order valence-electron chi connectivity index (χ1n) is 6.33. The summed E-state index contributed by atoms with van der Waals surface area (Å²) in [7, 11) is 0. The lowest BCUT2D eigenvalue weighted by Gasteiger charge is -2.33. The molecule has 0 bridgehead atoms. The van der Waals surface area contributed by atoms with Crippen LogP contribution in [0.15, 0.2) is 18.2 Å². The summed E-state index contributed by atoms with van der Waals surface area (Å²) in [6.45, 7) is 4.14. The Labute approximate surface area is 112 Å². The fourth-order valence-electron chi connectivity index (χ4n) is 2.42. The van der Waals surface area contributed by atoms with Crippen LogP contribution in [0.3, 0.4) is 0 Å². The van der Waals surface area contributed by atoms with Crippen LogP contribution in [-0.2, 0) is 6.54 Å². The second-order valence-electron chi connectivity index (χ2n) is 4.93. The number of halogens is 1. The molecule has 1 heterocycles. The number of carbonyl (C=O) groups is 1. The van der Waals surface area contributed by atoms with Gasteiger partial charge in [-0.3, -0.25) is 4.90 Å². The lowest BCUT2D eigenvalue weighted by Crippen LogP contribution is -2.36. The van der Waals surface area contributed by atoms with Gasteiger partial charge in [0.1, 0.15) is 0 Å². The van der Waals surface area contributed by atoms with E-state index in [4.69, 9.17) is 16.7 Å². The minimum Gasteiger partial charge on any atom is -0.478 e. The summed E-state index contributed by atoms with van der Waals surface area (Å²) >= 11 is 6.15. The summed E-state index contributed by atoms with van der Waals surface area (Å²) < 4.78 is 0. The number of rotatable bonds is 3. The van der Waals surface area contributed by atoms with Gasteiger partial charge >= 0.3 is 5.97 Å². The molecular formula is C14H18ClNO2. The SMILES string of the molecule is CC1CCCCN1Cc1ccc(C(=O)O)cc1Cl. The van der Waals surface area contributed by atoms with Crippen molar-refractivity contribution in [2.24, 2.45) is 0 Å². The van der Waals surface area contributed by atoms with Crippen molar-refractivity contribution in [3.8, 4) is 0 Å². The Bertz CT molecular complexity index is 447. The van der Waals surface area contributed by atoms with Gasteiger partial charge in [0.15, 0.2) is 0 Å². The second kappa shape index (κ2) is 5.72. The number of nitrogens with zero attached hydrogens (tertiary/aromatic N) is 1. The third kappa shape index (κ3) is 3.03. The van der Waals surface area contributed by atoms with Crippen LogP contribution in [-0.4, -0.2) is 28.6 Å². The van der Waals surface area contributed by atoms with Crippen molar-refractivity contribution < 1.29 is 9.90 Å². The highest BCUT2D eigenvalue weighted by Crippen LogP contribution is 2.24. The Morgan fingerprint density at radius 1 is 1.50 bits per heavy atom. The van der Waals surface area contributed by atoms with Gasteiger partial charge in [0.2, 0.25) is 0 Å². The van der Waals surface area contributed by atoms with Gasteiger partial charge in [0.05, 0.1) is 5.56 Å². The Kier molecular flexibility index (Phi) is 4.25. The lowest BCUT2D eigenvalue weighted by atomic mass is 10.0. The molecule has 1 aliphatic rings. The number of hydrogen-bond acceptors (Lipinski definition) is 2. The quantitative estimate of drug-likeness (QED) is 0.912. The van der Waals surface area contributed by atoms with E-state index in [0.29, 0.717) is 11.1 Å². The van der Waals surface area contributed by atoms with Crippen molar-refractivity contribution in [2.75, 3.05) is 6.54 Å². The number of benzene rings is 1. The molecule has 1 aliphatic heterocycles. The van der Waals surface area contributed by atoms with Crippen LogP contribution in [0.25, 0.3) is 0 Å². The fourth-order valence-corrected chi connectivity index (χ4v) is 2.66. The minimum absolute atomic E-state index is 0.246. The molecule has 18 heavy (non-hydrogen) atoms. The summed E-state index contributed by atoms with van der Waals surface area (Å²) in [5, 5.41) is 9.44. The van der Waals surface area contributed by atoms with Crippen molar-refractivity contribution in [3.63, 3.8) is 0 Å². The number of aromatic carboxylic acids is 1. The molecule has 1 saturated heterocycles. The molecule has 1 aromatic carbocycles. The molecule has 0 aliphatic carbocycles. The number of piperidine rings is 1. The van der Waals surface area contributed by atoms with Crippen LogP contribution in [0, 0.1) is 0 Å². The minimum atomic E-state index is -0.935. The standard InChI is InChI=1S/C14H18ClNO2/c1-10-4-2-3-7-16(10)9-12-6-5-11(14(17)18)8-13(12)15/h5-6,8,10H,2-4,7,9H2,1H3,(H,17,18). The third-order valence-electron chi connectivity index (χ3n) is 3.61. The lowest BCUT2D eigenvalue weighted by molar-refractivity contribution is 0.0697. The first-order valence-corrected chi connectivity index (χ1v) is 6.71.